The van der Waals surface area contributed by atoms with Crippen LogP contribution in [0.25, 0.3) is 0 Å². The Bertz CT molecular complexity index is 775. The number of allylic oxidation sites excluding steroid dienone is 2. The van der Waals surface area contributed by atoms with Crippen molar-refractivity contribution in [3.05, 3.63) is 59.2 Å². The predicted octanol–water partition coefficient (Wildman–Crippen LogP) is 3.83. The van der Waals surface area contributed by atoms with E-state index >= 15 is 0 Å². The van der Waals surface area contributed by atoms with E-state index in [0.717, 1.165) is 17.5 Å². The van der Waals surface area contributed by atoms with E-state index in [0.29, 0.717) is 31.8 Å². The van der Waals surface area contributed by atoms with Gasteiger partial charge < -0.3 is 18.9 Å². The average molecular weight is 400 g/mol. The van der Waals surface area contributed by atoms with Gasteiger partial charge in [-0.2, -0.15) is 0 Å². The van der Waals surface area contributed by atoms with Gasteiger partial charge >= 0.3 is 11.9 Å². The van der Waals surface area contributed by atoms with Crippen LogP contribution in [0.3, 0.4) is 0 Å². The highest BCUT2D eigenvalue weighted by Crippen LogP contribution is 2.37. The topological polar surface area (TPSA) is 71.1 Å². The molecule has 1 aromatic carbocycles. The third kappa shape index (κ3) is 5.14. The summed E-state index contributed by atoms with van der Waals surface area (Å²) < 4.78 is 22.1. The Hall–Kier alpha value is -2.44. The highest BCUT2D eigenvalue weighted by atomic mass is 16.7. The van der Waals surface area contributed by atoms with Crippen molar-refractivity contribution in [3.63, 3.8) is 0 Å². The Morgan fingerprint density at radius 1 is 1.00 bits per heavy atom. The van der Waals surface area contributed by atoms with Crippen LogP contribution in [0, 0.1) is 5.92 Å². The van der Waals surface area contributed by atoms with Crippen molar-refractivity contribution in [1.29, 1.82) is 0 Å². The van der Waals surface area contributed by atoms with E-state index < -0.39 is 12.2 Å². The second kappa shape index (κ2) is 10.4. The summed E-state index contributed by atoms with van der Waals surface area (Å²) in [4.78, 5) is 25.0. The van der Waals surface area contributed by atoms with Crippen molar-refractivity contribution in [2.24, 2.45) is 5.92 Å². The summed E-state index contributed by atoms with van der Waals surface area (Å²) in [6, 6.07) is 7.76. The number of hydrogen-bond acceptors (Lipinski definition) is 6. The minimum absolute atomic E-state index is 0.282. The zero-order valence-corrected chi connectivity index (χ0v) is 17.0. The molecule has 1 heterocycles. The summed E-state index contributed by atoms with van der Waals surface area (Å²) in [5.74, 6) is -1.47. The smallest absolute Gasteiger partial charge is 0.334 e. The molecule has 1 fully saturated rings. The zero-order chi connectivity index (χ0) is 20.6. The Morgan fingerprint density at radius 2 is 1.69 bits per heavy atom. The molecule has 2 aliphatic rings. The molecule has 6 nitrogen and oxygen atoms in total. The Labute approximate surface area is 171 Å². The number of benzene rings is 1. The first-order chi connectivity index (χ1) is 14.2. The van der Waals surface area contributed by atoms with Crippen LogP contribution in [-0.4, -0.2) is 38.4 Å². The first-order valence-electron chi connectivity index (χ1n) is 10.2. The van der Waals surface area contributed by atoms with Crippen LogP contribution in [0.5, 0.6) is 0 Å². The fraction of sp³-hybridized carbons (Fsp3) is 0.478. The van der Waals surface area contributed by atoms with Crippen LogP contribution in [0.4, 0.5) is 0 Å². The fourth-order valence-corrected chi connectivity index (χ4v) is 3.60. The molecule has 0 saturated carbocycles. The minimum Gasteiger partial charge on any atom is -0.466 e. The van der Waals surface area contributed by atoms with Crippen LogP contribution in [0.15, 0.2) is 48.1 Å². The Kier molecular flexibility index (Phi) is 7.61. The van der Waals surface area contributed by atoms with E-state index in [1.54, 1.807) is 19.9 Å². The van der Waals surface area contributed by atoms with Crippen molar-refractivity contribution in [3.8, 4) is 0 Å². The number of hydrogen-bond donors (Lipinski definition) is 0. The zero-order valence-electron chi connectivity index (χ0n) is 17.0. The van der Waals surface area contributed by atoms with Crippen LogP contribution < -0.4 is 0 Å². The molecule has 6 heteroatoms. The molecule has 0 radical (unpaired) electrons. The third-order valence-corrected chi connectivity index (χ3v) is 4.98. The Morgan fingerprint density at radius 3 is 2.38 bits per heavy atom. The van der Waals surface area contributed by atoms with Crippen molar-refractivity contribution >= 4 is 11.9 Å². The molecular weight excluding hydrogens is 372 g/mol. The van der Waals surface area contributed by atoms with Crippen molar-refractivity contribution in [2.45, 2.75) is 38.9 Å². The second-order valence-corrected chi connectivity index (χ2v) is 6.89. The van der Waals surface area contributed by atoms with Gasteiger partial charge in [0.1, 0.15) is 0 Å². The summed E-state index contributed by atoms with van der Waals surface area (Å²) in [6.07, 6.45) is 6.28. The lowest BCUT2D eigenvalue weighted by Gasteiger charge is -2.27. The molecule has 2 unspecified atom stereocenters. The summed E-state index contributed by atoms with van der Waals surface area (Å²) >= 11 is 0. The number of esters is 2. The van der Waals surface area contributed by atoms with Gasteiger partial charge in [-0.25, -0.2) is 4.79 Å². The van der Waals surface area contributed by atoms with E-state index in [9.17, 15) is 9.59 Å². The van der Waals surface area contributed by atoms with Crippen molar-refractivity contribution in [1.82, 2.24) is 0 Å². The largest absolute Gasteiger partial charge is 0.466 e. The molecule has 0 amide bonds. The van der Waals surface area contributed by atoms with Gasteiger partial charge in [-0.15, -0.1) is 0 Å². The standard InChI is InChI=1S/C23H28O6/c1-3-26-21(24)16-10-12-18(19(13-11-16)22(25)27-4-2)17-8-5-6-9-20(17)23-28-14-7-15-29-23/h5-6,8-10,12-13,16,18,23H,3-4,7,11,14-15H2,1-2H3. The lowest BCUT2D eigenvalue weighted by molar-refractivity contribution is -0.183. The average Bonchev–Trinajstić information content (AvgIpc) is 2.98. The lowest BCUT2D eigenvalue weighted by Crippen LogP contribution is -2.21. The van der Waals surface area contributed by atoms with Crippen molar-refractivity contribution < 1.29 is 28.5 Å². The maximum absolute atomic E-state index is 12.7. The van der Waals surface area contributed by atoms with Crippen LogP contribution >= 0.6 is 0 Å². The van der Waals surface area contributed by atoms with Gasteiger partial charge in [-0.05, 0) is 32.3 Å². The maximum Gasteiger partial charge on any atom is 0.334 e. The Balaban J connectivity index is 1.99. The molecule has 0 aromatic heterocycles. The van der Waals surface area contributed by atoms with E-state index in [2.05, 4.69) is 0 Å². The molecule has 0 bridgehead atoms. The first-order valence-corrected chi connectivity index (χ1v) is 10.2. The van der Waals surface area contributed by atoms with Crippen molar-refractivity contribution in [2.75, 3.05) is 26.4 Å². The number of carbonyl (C=O) groups excluding carboxylic acids is 2. The van der Waals surface area contributed by atoms with Gasteiger partial charge in [0.15, 0.2) is 6.29 Å². The maximum atomic E-state index is 12.7. The highest BCUT2D eigenvalue weighted by Gasteiger charge is 2.30. The molecular formula is C23H28O6. The van der Waals surface area contributed by atoms with Gasteiger partial charge in [0, 0.05) is 17.1 Å². The van der Waals surface area contributed by atoms with Gasteiger partial charge in [-0.3, -0.25) is 4.79 Å². The highest BCUT2D eigenvalue weighted by molar-refractivity contribution is 5.91. The van der Waals surface area contributed by atoms with Crippen LogP contribution in [0.1, 0.15) is 50.0 Å². The molecule has 3 rings (SSSR count). The number of ether oxygens (including phenoxy) is 4. The monoisotopic (exact) mass is 400 g/mol. The van der Waals surface area contributed by atoms with E-state index in [1.165, 1.54) is 0 Å². The molecule has 2 atom stereocenters. The second-order valence-electron chi connectivity index (χ2n) is 6.89. The van der Waals surface area contributed by atoms with Gasteiger partial charge in [0.25, 0.3) is 0 Å². The van der Waals surface area contributed by atoms with Gasteiger partial charge in [0.05, 0.1) is 32.3 Å². The lowest BCUT2D eigenvalue weighted by atomic mass is 9.87. The minimum atomic E-state index is -0.471. The first kappa shape index (κ1) is 21.3. The molecule has 0 N–H and O–H groups in total. The third-order valence-electron chi connectivity index (χ3n) is 4.98. The molecule has 1 saturated heterocycles. The summed E-state index contributed by atoms with van der Waals surface area (Å²) in [7, 11) is 0. The quantitative estimate of drug-likeness (QED) is 0.534. The molecule has 29 heavy (non-hydrogen) atoms. The molecule has 1 aliphatic carbocycles. The normalized spacial score (nSPS) is 22.5. The van der Waals surface area contributed by atoms with Crippen LogP contribution in [0.2, 0.25) is 0 Å². The molecule has 1 aromatic rings. The van der Waals surface area contributed by atoms with Crippen LogP contribution in [-0.2, 0) is 28.5 Å². The SMILES string of the molecule is CCOC(=O)C1=CCC(C(=O)OCC)C=CC1c1ccccc1C1OCCCO1. The van der Waals surface area contributed by atoms with Gasteiger partial charge in [0.2, 0.25) is 0 Å². The van der Waals surface area contributed by atoms with E-state index in [1.807, 2.05) is 36.4 Å². The number of carbonyl (C=O) groups is 2. The predicted molar refractivity (Wildman–Crippen MR) is 107 cm³/mol. The molecule has 0 spiro atoms. The summed E-state index contributed by atoms with van der Waals surface area (Å²) in [5, 5.41) is 0. The molecule has 1 aliphatic heterocycles. The number of rotatable bonds is 6. The molecule has 156 valence electrons. The van der Waals surface area contributed by atoms with Gasteiger partial charge in [-0.1, -0.05) is 42.5 Å². The summed E-state index contributed by atoms with van der Waals surface area (Å²) in [6.45, 7) is 5.42. The van der Waals surface area contributed by atoms with E-state index in [-0.39, 0.29) is 24.5 Å². The van der Waals surface area contributed by atoms with E-state index in [4.69, 9.17) is 18.9 Å². The summed E-state index contributed by atoms with van der Waals surface area (Å²) in [5.41, 5.74) is 2.30. The fourth-order valence-electron chi connectivity index (χ4n) is 3.60.